The van der Waals surface area contributed by atoms with Crippen molar-refractivity contribution in [1.82, 2.24) is 9.78 Å². The minimum atomic E-state index is -0.0796. The lowest BCUT2D eigenvalue weighted by Gasteiger charge is -2.09. The molecule has 1 aromatic carbocycles. The van der Waals surface area contributed by atoms with Gasteiger partial charge < -0.3 is 9.47 Å². The van der Waals surface area contributed by atoms with E-state index < -0.39 is 0 Å². The fraction of sp³-hybridized carbons (Fsp3) is 0.333. The first-order valence-electron chi connectivity index (χ1n) is 7.80. The molecular weight excluding hydrogens is 292 g/mol. The van der Waals surface area contributed by atoms with Crippen molar-refractivity contribution in [3.05, 3.63) is 47.8 Å². The highest BCUT2D eigenvalue weighted by atomic mass is 16.5. The van der Waals surface area contributed by atoms with Gasteiger partial charge in [-0.1, -0.05) is 12.1 Å². The Labute approximate surface area is 135 Å². The molecular formula is C18H20N2O3. The van der Waals surface area contributed by atoms with Crippen LogP contribution in [0.1, 0.15) is 42.2 Å². The van der Waals surface area contributed by atoms with Gasteiger partial charge in [0.1, 0.15) is 0 Å². The van der Waals surface area contributed by atoms with E-state index in [2.05, 4.69) is 5.10 Å². The molecule has 0 bridgehead atoms. The lowest BCUT2D eigenvalue weighted by Crippen LogP contribution is -2.00. The Morgan fingerprint density at radius 3 is 2.91 bits per heavy atom. The molecule has 0 unspecified atom stereocenters. The lowest BCUT2D eigenvalue weighted by molar-refractivity contribution is 0.104. The minimum Gasteiger partial charge on any atom is -0.490 e. The zero-order valence-electron chi connectivity index (χ0n) is 13.4. The van der Waals surface area contributed by atoms with Crippen LogP contribution in [0.15, 0.2) is 36.7 Å². The Kier molecular flexibility index (Phi) is 4.46. The van der Waals surface area contributed by atoms with Crippen LogP contribution in [0.25, 0.3) is 6.08 Å². The highest BCUT2D eigenvalue weighted by Gasteiger charge is 2.13. The third-order valence-corrected chi connectivity index (χ3v) is 3.63. The summed E-state index contributed by atoms with van der Waals surface area (Å²) in [5.41, 5.74) is 1.42. The van der Waals surface area contributed by atoms with Gasteiger partial charge in [-0.25, -0.2) is 0 Å². The molecule has 23 heavy (non-hydrogen) atoms. The largest absolute Gasteiger partial charge is 0.490 e. The van der Waals surface area contributed by atoms with E-state index in [1.54, 1.807) is 29.2 Å². The Bertz CT molecular complexity index is 732. The molecule has 0 saturated carbocycles. The molecule has 0 saturated heterocycles. The van der Waals surface area contributed by atoms with Crippen molar-refractivity contribution < 1.29 is 14.3 Å². The number of para-hydroxylation sites is 1. The number of hydrogen-bond acceptors (Lipinski definition) is 4. The van der Waals surface area contributed by atoms with E-state index >= 15 is 0 Å². The van der Waals surface area contributed by atoms with E-state index in [0.717, 1.165) is 17.7 Å². The summed E-state index contributed by atoms with van der Waals surface area (Å²) in [4.78, 5) is 12.3. The minimum absolute atomic E-state index is 0.0796. The normalized spacial score (nSPS) is 14.2. The monoisotopic (exact) mass is 312 g/mol. The van der Waals surface area contributed by atoms with Gasteiger partial charge in [0, 0.05) is 24.2 Å². The molecule has 0 radical (unpaired) electrons. The van der Waals surface area contributed by atoms with Crippen molar-refractivity contribution in [3.63, 3.8) is 0 Å². The van der Waals surface area contributed by atoms with Gasteiger partial charge in [0.2, 0.25) is 0 Å². The van der Waals surface area contributed by atoms with Crippen LogP contribution in [0.4, 0.5) is 0 Å². The van der Waals surface area contributed by atoms with Gasteiger partial charge in [0.15, 0.2) is 17.3 Å². The fourth-order valence-corrected chi connectivity index (χ4v) is 2.36. The number of carbonyl (C=O) groups excluding carboxylic acids is 1. The van der Waals surface area contributed by atoms with E-state index in [1.807, 2.05) is 32.0 Å². The predicted molar refractivity (Wildman–Crippen MR) is 88.0 cm³/mol. The number of aromatic nitrogens is 2. The molecule has 0 N–H and O–H groups in total. The van der Waals surface area contributed by atoms with Gasteiger partial charge in [-0.2, -0.15) is 5.10 Å². The number of carbonyl (C=O) groups is 1. The fourth-order valence-electron chi connectivity index (χ4n) is 2.36. The maximum absolute atomic E-state index is 12.3. The molecule has 5 heteroatoms. The number of nitrogens with zero attached hydrogens (tertiary/aromatic N) is 2. The quantitative estimate of drug-likeness (QED) is 0.640. The molecule has 2 heterocycles. The molecule has 3 rings (SSSR count). The van der Waals surface area contributed by atoms with Crippen LogP contribution in [0.2, 0.25) is 0 Å². The van der Waals surface area contributed by atoms with Crippen LogP contribution in [0.5, 0.6) is 11.5 Å². The lowest BCUT2D eigenvalue weighted by atomic mass is 10.1. The summed E-state index contributed by atoms with van der Waals surface area (Å²) in [5, 5.41) is 4.19. The summed E-state index contributed by atoms with van der Waals surface area (Å²) >= 11 is 0. The SMILES string of the molecule is CC(C)n1cc(C(=O)C=Cc2cccc3c2OCCCO3)cn1. The number of rotatable bonds is 4. The summed E-state index contributed by atoms with van der Waals surface area (Å²) in [6.07, 6.45) is 7.53. The first-order valence-corrected chi connectivity index (χ1v) is 7.80. The molecule has 0 atom stereocenters. The van der Waals surface area contributed by atoms with Gasteiger partial charge in [-0.15, -0.1) is 0 Å². The first kappa shape index (κ1) is 15.3. The van der Waals surface area contributed by atoms with Crippen LogP contribution in [0.3, 0.4) is 0 Å². The highest BCUT2D eigenvalue weighted by molar-refractivity contribution is 6.06. The zero-order valence-corrected chi connectivity index (χ0v) is 13.4. The topological polar surface area (TPSA) is 53.4 Å². The van der Waals surface area contributed by atoms with Gasteiger partial charge >= 0.3 is 0 Å². The maximum atomic E-state index is 12.3. The molecule has 0 spiro atoms. The predicted octanol–water partition coefficient (Wildman–Crippen LogP) is 3.52. The Hall–Kier alpha value is -2.56. The second-order valence-corrected chi connectivity index (χ2v) is 5.73. The number of ketones is 1. The van der Waals surface area contributed by atoms with Crippen molar-refractivity contribution in [3.8, 4) is 11.5 Å². The Morgan fingerprint density at radius 2 is 2.13 bits per heavy atom. The van der Waals surface area contributed by atoms with Crippen molar-refractivity contribution in [2.75, 3.05) is 13.2 Å². The summed E-state index contributed by atoms with van der Waals surface area (Å²) in [7, 11) is 0. The highest BCUT2D eigenvalue weighted by Crippen LogP contribution is 2.34. The Balaban J connectivity index is 1.81. The van der Waals surface area contributed by atoms with E-state index in [9.17, 15) is 4.79 Å². The van der Waals surface area contributed by atoms with E-state index in [-0.39, 0.29) is 11.8 Å². The number of hydrogen-bond donors (Lipinski definition) is 0. The number of benzene rings is 1. The second-order valence-electron chi connectivity index (χ2n) is 5.73. The molecule has 0 fully saturated rings. The average Bonchev–Trinajstić information content (AvgIpc) is 2.92. The summed E-state index contributed by atoms with van der Waals surface area (Å²) in [6.45, 7) is 5.31. The van der Waals surface area contributed by atoms with E-state index in [0.29, 0.717) is 24.5 Å². The summed E-state index contributed by atoms with van der Waals surface area (Å²) in [5.74, 6) is 1.35. The third-order valence-electron chi connectivity index (χ3n) is 3.63. The first-order chi connectivity index (χ1) is 11.1. The van der Waals surface area contributed by atoms with Crippen LogP contribution in [-0.4, -0.2) is 28.8 Å². The molecule has 0 amide bonds. The van der Waals surface area contributed by atoms with Gasteiger partial charge in [0.25, 0.3) is 0 Å². The number of allylic oxidation sites excluding steroid dienone is 1. The van der Waals surface area contributed by atoms with Crippen LogP contribution >= 0.6 is 0 Å². The molecule has 0 aliphatic carbocycles. The van der Waals surface area contributed by atoms with Gasteiger partial charge in [-0.05, 0) is 32.1 Å². The van der Waals surface area contributed by atoms with Crippen LogP contribution < -0.4 is 9.47 Å². The summed E-state index contributed by atoms with van der Waals surface area (Å²) < 4.78 is 13.2. The van der Waals surface area contributed by atoms with E-state index in [4.69, 9.17) is 9.47 Å². The van der Waals surface area contributed by atoms with Crippen molar-refractivity contribution in [2.45, 2.75) is 26.3 Å². The summed E-state index contributed by atoms with van der Waals surface area (Å²) in [6, 6.07) is 5.92. The van der Waals surface area contributed by atoms with Crippen LogP contribution in [-0.2, 0) is 0 Å². The molecule has 1 aliphatic rings. The molecule has 120 valence electrons. The van der Waals surface area contributed by atoms with Crippen molar-refractivity contribution >= 4 is 11.9 Å². The van der Waals surface area contributed by atoms with E-state index in [1.165, 1.54) is 0 Å². The average molecular weight is 312 g/mol. The molecule has 5 nitrogen and oxygen atoms in total. The molecule has 2 aromatic rings. The maximum Gasteiger partial charge on any atom is 0.189 e. The smallest absolute Gasteiger partial charge is 0.189 e. The van der Waals surface area contributed by atoms with Crippen molar-refractivity contribution in [2.24, 2.45) is 0 Å². The number of fused-ring (bicyclic) bond motifs is 1. The standard InChI is InChI=1S/C18H20N2O3/c1-13(2)20-12-15(11-19-20)16(21)8-7-14-5-3-6-17-18(14)23-10-4-9-22-17/h3,5-8,11-13H,4,9-10H2,1-2H3. The van der Waals surface area contributed by atoms with Gasteiger partial charge in [-0.3, -0.25) is 9.48 Å². The molecule has 1 aromatic heterocycles. The zero-order chi connectivity index (χ0) is 16.2. The Morgan fingerprint density at radius 1 is 1.30 bits per heavy atom. The second kappa shape index (κ2) is 6.69. The third kappa shape index (κ3) is 3.44. The van der Waals surface area contributed by atoms with Crippen molar-refractivity contribution in [1.29, 1.82) is 0 Å². The van der Waals surface area contributed by atoms with Crippen LogP contribution in [0, 0.1) is 0 Å². The van der Waals surface area contributed by atoms with Gasteiger partial charge in [0.05, 0.1) is 25.0 Å². The number of ether oxygens (including phenoxy) is 2. The molecule has 1 aliphatic heterocycles.